The molecule has 42 heavy (non-hydrogen) atoms. The van der Waals surface area contributed by atoms with Crippen LogP contribution in [0.25, 0.3) is 10.2 Å². The number of sulfonamides is 1. The monoisotopic (exact) mass is 617 g/mol. The van der Waals surface area contributed by atoms with Crippen LogP contribution in [0.2, 0.25) is 0 Å². The van der Waals surface area contributed by atoms with Crippen molar-refractivity contribution < 1.29 is 17.9 Å². The Morgan fingerprint density at radius 1 is 0.929 bits per heavy atom. The van der Waals surface area contributed by atoms with Crippen LogP contribution in [0.1, 0.15) is 16.7 Å². The Morgan fingerprint density at radius 2 is 1.45 bits per heavy atom. The van der Waals surface area contributed by atoms with E-state index in [0.717, 1.165) is 28.0 Å². The third kappa shape index (κ3) is 6.31. The molecular weight excluding hydrogens is 591 g/mol. The second-order valence-electron chi connectivity index (χ2n) is 9.30. The Balaban J connectivity index is 1.38. The summed E-state index contributed by atoms with van der Waals surface area (Å²) in [6.07, 6.45) is 0. The molecule has 0 aliphatic carbocycles. The lowest BCUT2D eigenvalue weighted by Crippen LogP contribution is -2.39. The van der Waals surface area contributed by atoms with Crippen LogP contribution in [0.4, 0.5) is 0 Å². The fraction of sp³-hybridized carbons (Fsp3) is 0.100. The van der Waals surface area contributed by atoms with Gasteiger partial charge in [0, 0.05) is 13.1 Å². The summed E-state index contributed by atoms with van der Waals surface area (Å²) in [5.41, 5.74) is 9.90. The van der Waals surface area contributed by atoms with Crippen molar-refractivity contribution in [2.75, 3.05) is 13.6 Å². The van der Waals surface area contributed by atoms with Crippen molar-refractivity contribution in [3.63, 3.8) is 0 Å². The maximum Gasteiger partial charge on any atom is 0.331 e. The molecule has 5 rings (SSSR count). The molecule has 5 aromatic rings. The van der Waals surface area contributed by atoms with Crippen LogP contribution in [0.15, 0.2) is 118 Å². The summed E-state index contributed by atoms with van der Waals surface area (Å²) < 4.78 is 33.0. The predicted molar refractivity (Wildman–Crippen MR) is 168 cm³/mol. The highest BCUT2D eigenvalue weighted by Gasteiger charge is 2.38. The van der Waals surface area contributed by atoms with E-state index in [2.05, 4.69) is 41.4 Å². The molecule has 214 valence electrons. The highest BCUT2D eigenvalue weighted by Crippen LogP contribution is 2.49. The number of carbonyl (C=O) groups is 1. The Morgan fingerprint density at radius 3 is 1.95 bits per heavy atom. The third-order valence-electron chi connectivity index (χ3n) is 6.39. The average Bonchev–Trinajstić information content (AvgIpc) is 3.43. The molecule has 0 unspecified atom stereocenters. The van der Waals surface area contributed by atoms with Crippen LogP contribution in [0.5, 0.6) is 5.75 Å². The molecule has 0 fully saturated rings. The molecule has 0 atom stereocenters. The zero-order valence-corrected chi connectivity index (χ0v) is 24.9. The van der Waals surface area contributed by atoms with Gasteiger partial charge in [0.1, 0.15) is 17.0 Å². The zero-order valence-electron chi connectivity index (χ0n) is 22.5. The van der Waals surface area contributed by atoms with Crippen molar-refractivity contribution in [2.24, 2.45) is 15.3 Å². The van der Waals surface area contributed by atoms with Gasteiger partial charge in [-0.3, -0.25) is 0 Å². The molecular formula is C30H27N5O4S3. The van der Waals surface area contributed by atoms with E-state index in [1.54, 1.807) is 19.2 Å². The minimum Gasteiger partial charge on any atom is -0.425 e. The van der Waals surface area contributed by atoms with Crippen molar-refractivity contribution in [2.45, 2.75) is 9.09 Å². The molecule has 1 heterocycles. The molecule has 0 bridgehead atoms. The van der Waals surface area contributed by atoms with Gasteiger partial charge in [-0.15, -0.1) is 11.3 Å². The molecule has 9 nitrogen and oxygen atoms in total. The Labute approximate surface area is 252 Å². The van der Waals surface area contributed by atoms with Crippen LogP contribution in [-0.2, 0) is 19.6 Å². The van der Waals surface area contributed by atoms with Gasteiger partial charge in [-0.05, 0) is 40.8 Å². The topological polar surface area (TPSA) is 141 Å². The normalized spacial score (nSPS) is 12.3. The first-order chi connectivity index (χ1) is 20.2. The highest BCUT2D eigenvalue weighted by molar-refractivity contribution is 7.99. The number of hydrogen-bond donors (Lipinski definition) is 2. The maximum atomic E-state index is 12.8. The first kappa shape index (κ1) is 29.3. The first-order valence-corrected chi connectivity index (χ1v) is 15.8. The second-order valence-corrected chi connectivity index (χ2v) is 13.0. The number of benzene rings is 4. The van der Waals surface area contributed by atoms with Gasteiger partial charge in [0.25, 0.3) is 10.0 Å². The van der Waals surface area contributed by atoms with Gasteiger partial charge in [0.2, 0.25) is 10.3 Å². The second kappa shape index (κ2) is 12.3. The number of fused-ring (bicyclic) bond motifs is 1. The number of thiazole rings is 1. The molecule has 0 saturated carbocycles. The van der Waals surface area contributed by atoms with E-state index in [1.165, 1.54) is 22.9 Å². The Bertz CT molecular complexity index is 1730. The summed E-state index contributed by atoms with van der Waals surface area (Å²) in [4.78, 5) is 18.3. The number of carbonyl (C=O) groups excluding carboxylic acids is 1. The van der Waals surface area contributed by atoms with Gasteiger partial charge in [0.15, 0.2) is 0 Å². The lowest BCUT2D eigenvalue weighted by atomic mass is 9.84. The van der Waals surface area contributed by atoms with E-state index in [1.807, 2.05) is 54.6 Å². The third-order valence-corrected chi connectivity index (χ3v) is 9.99. The van der Waals surface area contributed by atoms with Crippen LogP contribution < -0.4 is 15.6 Å². The standard InChI is InChI=1S/C30H27N5O4S3/c1-35(20-27(36)39-24-17-18-25-26(19-24)40-29(33-25)42(32,37)38)28(31)34-41-30(21-11-5-2-6-12-21,22-13-7-3-8-14-22)23-15-9-4-10-16-23/h2-19H,20H2,1H3,(H2,31,34)(H2,32,37,38). The molecule has 0 aliphatic rings. The fourth-order valence-electron chi connectivity index (χ4n) is 4.37. The summed E-state index contributed by atoms with van der Waals surface area (Å²) in [6, 6.07) is 34.9. The van der Waals surface area contributed by atoms with Crippen molar-refractivity contribution in [1.29, 1.82) is 0 Å². The van der Waals surface area contributed by atoms with Crippen molar-refractivity contribution in [1.82, 2.24) is 9.88 Å². The zero-order chi connectivity index (χ0) is 29.7. The molecule has 0 radical (unpaired) electrons. The number of hydrogen-bond acceptors (Lipinski definition) is 8. The van der Waals surface area contributed by atoms with E-state index < -0.39 is 20.7 Å². The molecule has 0 saturated heterocycles. The number of ether oxygens (including phenoxy) is 1. The van der Waals surface area contributed by atoms with E-state index >= 15 is 0 Å². The van der Waals surface area contributed by atoms with Crippen molar-refractivity contribution in [3.05, 3.63) is 126 Å². The summed E-state index contributed by atoms with van der Waals surface area (Å²) in [7, 11) is -2.28. The van der Waals surface area contributed by atoms with Gasteiger partial charge in [-0.1, -0.05) is 91.0 Å². The largest absolute Gasteiger partial charge is 0.425 e. The minimum absolute atomic E-state index is 0.139. The van der Waals surface area contributed by atoms with E-state index in [9.17, 15) is 13.2 Å². The van der Waals surface area contributed by atoms with E-state index in [0.29, 0.717) is 10.2 Å². The predicted octanol–water partition coefficient (Wildman–Crippen LogP) is 4.74. The quantitative estimate of drug-likeness (QED) is 0.0604. The molecule has 0 amide bonds. The summed E-state index contributed by atoms with van der Waals surface area (Å²) in [6.45, 7) is -0.173. The van der Waals surface area contributed by atoms with Crippen LogP contribution in [0.3, 0.4) is 0 Å². The first-order valence-electron chi connectivity index (χ1n) is 12.7. The van der Waals surface area contributed by atoms with Crippen LogP contribution in [0, 0.1) is 0 Å². The number of aromatic nitrogens is 1. The van der Waals surface area contributed by atoms with Gasteiger partial charge in [-0.2, -0.15) is 4.40 Å². The number of esters is 1. The van der Waals surface area contributed by atoms with Gasteiger partial charge >= 0.3 is 5.97 Å². The van der Waals surface area contributed by atoms with Gasteiger partial charge in [-0.25, -0.2) is 23.3 Å². The molecule has 0 spiro atoms. The Hall–Kier alpha value is -4.23. The van der Waals surface area contributed by atoms with Crippen molar-refractivity contribution >= 4 is 55.5 Å². The number of primary sulfonamides is 1. The van der Waals surface area contributed by atoms with Crippen LogP contribution >= 0.6 is 23.3 Å². The summed E-state index contributed by atoms with van der Waals surface area (Å²) in [5.74, 6) is -0.192. The van der Waals surface area contributed by atoms with Gasteiger partial charge < -0.3 is 15.4 Å². The molecule has 1 aromatic heterocycles. The smallest absolute Gasteiger partial charge is 0.331 e. The van der Waals surface area contributed by atoms with Gasteiger partial charge in [0.05, 0.1) is 10.2 Å². The minimum atomic E-state index is -3.93. The SMILES string of the molecule is CN(CC(=O)Oc1ccc2nc(S(N)(=O)=O)sc2c1)/C(N)=N/SC(c1ccccc1)(c1ccccc1)c1ccccc1. The molecule has 4 N–H and O–H groups in total. The molecule has 4 aromatic carbocycles. The maximum absolute atomic E-state index is 12.8. The van der Waals surface area contributed by atoms with Crippen molar-refractivity contribution in [3.8, 4) is 5.75 Å². The number of nitrogens with zero attached hydrogens (tertiary/aromatic N) is 3. The number of rotatable bonds is 9. The lowest BCUT2D eigenvalue weighted by Gasteiger charge is -2.33. The highest BCUT2D eigenvalue weighted by atomic mass is 32.2. The van der Waals surface area contributed by atoms with E-state index in [4.69, 9.17) is 20.0 Å². The molecule has 0 aliphatic heterocycles. The number of nitrogens with two attached hydrogens (primary N) is 2. The summed E-state index contributed by atoms with van der Waals surface area (Å²) >= 11 is 2.21. The number of likely N-dealkylation sites (N-methyl/N-ethyl adjacent to an activating group) is 1. The number of guanidine groups is 1. The Kier molecular flexibility index (Phi) is 8.59. The fourth-order valence-corrected chi connectivity index (χ4v) is 7.15. The average molecular weight is 618 g/mol. The molecule has 12 heteroatoms. The van der Waals surface area contributed by atoms with E-state index in [-0.39, 0.29) is 22.6 Å². The summed E-state index contributed by atoms with van der Waals surface area (Å²) in [5, 5.41) is 5.18. The lowest BCUT2D eigenvalue weighted by molar-refractivity contribution is -0.134. The van der Waals surface area contributed by atoms with Crippen LogP contribution in [-0.4, -0.2) is 43.8 Å².